The highest BCUT2D eigenvalue weighted by Gasteiger charge is 2.47. The monoisotopic (exact) mass is 513 g/mol. The number of halogens is 3. The topological polar surface area (TPSA) is 87.1 Å². The lowest BCUT2D eigenvalue weighted by molar-refractivity contribution is -0.132. The minimum absolute atomic E-state index is 0.0587. The van der Waals surface area contributed by atoms with Crippen molar-refractivity contribution in [3.8, 4) is 11.5 Å². The summed E-state index contributed by atoms with van der Waals surface area (Å²) in [4.78, 5) is 27.3. The van der Waals surface area contributed by atoms with Crippen LogP contribution in [0.2, 0.25) is 5.02 Å². The summed E-state index contributed by atoms with van der Waals surface area (Å²) in [6, 6.07) is 10.4. The van der Waals surface area contributed by atoms with E-state index in [1.54, 1.807) is 25.1 Å². The highest BCUT2D eigenvalue weighted by Crippen LogP contribution is 2.44. The maximum Gasteiger partial charge on any atom is 0.300 e. The molecule has 1 atom stereocenters. The predicted octanol–water partition coefficient (Wildman–Crippen LogP) is 6.05. The van der Waals surface area contributed by atoms with Gasteiger partial charge in [0.05, 0.1) is 23.2 Å². The van der Waals surface area contributed by atoms with E-state index in [1.165, 1.54) is 18.2 Å². The van der Waals surface area contributed by atoms with Crippen molar-refractivity contribution >= 4 is 34.7 Å². The zero-order valence-corrected chi connectivity index (χ0v) is 20.1. The Labute approximate surface area is 211 Å². The number of nitrogens with zero attached hydrogens (tertiary/aromatic N) is 1. The first-order chi connectivity index (χ1) is 17.1. The van der Waals surface area contributed by atoms with Crippen LogP contribution in [0, 0.1) is 18.6 Å². The summed E-state index contributed by atoms with van der Waals surface area (Å²) in [5, 5.41) is 21.1. The van der Waals surface area contributed by atoms with Gasteiger partial charge in [-0.15, -0.1) is 0 Å². The number of hydrogen-bond donors (Lipinski definition) is 2. The number of aromatic hydroxyl groups is 1. The summed E-state index contributed by atoms with van der Waals surface area (Å²) in [5.74, 6) is -4.49. The van der Waals surface area contributed by atoms with Gasteiger partial charge in [-0.3, -0.25) is 14.5 Å². The molecule has 0 bridgehead atoms. The number of aliphatic hydroxyl groups excluding tert-OH is 1. The Bertz CT molecular complexity index is 1400. The van der Waals surface area contributed by atoms with Gasteiger partial charge in [0, 0.05) is 17.3 Å². The van der Waals surface area contributed by atoms with Gasteiger partial charge < -0.3 is 14.9 Å². The minimum atomic E-state index is -1.23. The van der Waals surface area contributed by atoms with Crippen LogP contribution in [0.15, 0.2) is 60.2 Å². The summed E-state index contributed by atoms with van der Waals surface area (Å²) in [5.41, 5.74) is 0.862. The Morgan fingerprint density at radius 1 is 1.06 bits per heavy atom. The molecule has 1 saturated heterocycles. The van der Waals surface area contributed by atoms with Crippen LogP contribution in [0.1, 0.15) is 36.1 Å². The fraction of sp³-hybridized carbons (Fsp3) is 0.185. The van der Waals surface area contributed by atoms with Crippen molar-refractivity contribution in [1.29, 1.82) is 0 Å². The van der Waals surface area contributed by atoms with E-state index in [9.17, 15) is 28.6 Å². The van der Waals surface area contributed by atoms with E-state index in [-0.39, 0.29) is 33.2 Å². The molecule has 0 saturated carbocycles. The highest BCUT2D eigenvalue weighted by atomic mass is 35.5. The second kappa shape index (κ2) is 9.99. The van der Waals surface area contributed by atoms with E-state index in [0.717, 1.165) is 29.5 Å². The molecular formula is C27H22ClF2NO5. The molecule has 1 aliphatic rings. The van der Waals surface area contributed by atoms with Crippen LogP contribution in [0.25, 0.3) is 5.76 Å². The standard InChI is InChI=1S/C27H22ClF2NO5/c1-3-10-36-22-9-5-16(11-14(22)2)25(33)23-24(15-4-8-21(32)18(28)12-15)31(27(35)26(23)34)17-6-7-19(29)20(30)13-17/h4-9,11-13,24,32-33H,3,10H2,1-2H3/b25-23+. The van der Waals surface area contributed by atoms with E-state index in [2.05, 4.69) is 0 Å². The Morgan fingerprint density at radius 2 is 1.81 bits per heavy atom. The van der Waals surface area contributed by atoms with Gasteiger partial charge in [0.2, 0.25) is 0 Å². The molecule has 6 nitrogen and oxygen atoms in total. The number of aryl methyl sites for hydroxylation is 1. The van der Waals surface area contributed by atoms with Crippen LogP contribution in [-0.2, 0) is 9.59 Å². The summed E-state index contributed by atoms with van der Waals surface area (Å²) in [6.45, 7) is 4.25. The number of hydrogen-bond acceptors (Lipinski definition) is 5. The number of anilines is 1. The lowest BCUT2D eigenvalue weighted by Gasteiger charge is -2.26. The molecule has 1 fully saturated rings. The van der Waals surface area contributed by atoms with Crippen molar-refractivity contribution in [3.63, 3.8) is 0 Å². The summed E-state index contributed by atoms with van der Waals surface area (Å²) >= 11 is 6.09. The maximum atomic E-state index is 14.1. The smallest absolute Gasteiger partial charge is 0.300 e. The Morgan fingerprint density at radius 3 is 2.44 bits per heavy atom. The van der Waals surface area contributed by atoms with Crippen LogP contribution in [0.4, 0.5) is 14.5 Å². The third-order valence-corrected chi connectivity index (χ3v) is 6.13. The van der Waals surface area contributed by atoms with Gasteiger partial charge in [-0.05, 0) is 66.9 Å². The number of amides is 1. The zero-order valence-electron chi connectivity index (χ0n) is 19.4. The molecule has 0 aromatic heterocycles. The first kappa shape index (κ1) is 25.2. The lowest BCUT2D eigenvalue weighted by Crippen LogP contribution is -2.29. The number of carbonyl (C=O) groups is 2. The lowest BCUT2D eigenvalue weighted by atomic mass is 9.94. The van der Waals surface area contributed by atoms with E-state index in [4.69, 9.17) is 16.3 Å². The summed E-state index contributed by atoms with van der Waals surface area (Å²) in [6.07, 6.45) is 0.809. The number of benzene rings is 3. The van der Waals surface area contributed by atoms with Crippen molar-refractivity contribution in [2.45, 2.75) is 26.3 Å². The van der Waals surface area contributed by atoms with Gasteiger partial charge >= 0.3 is 0 Å². The second-order valence-corrected chi connectivity index (χ2v) is 8.71. The molecule has 0 radical (unpaired) electrons. The van der Waals surface area contributed by atoms with E-state index in [1.807, 2.05) is 6.92 Å². The number of aliphatic hydroxyl groups is 1. The highest BCUT2D eigenvalue weighted by molar-refractivity contribution is 6.51. The predicted molar refractivity (Wildman–Crippen MR) is 131 cm³/mol. The molecule has 3 aromatic carbocycles. The summed E-state index contributed by atoms with van der Waals surface area (Å²) < 4.78 is 33.3. The number of ketones is 1. The zero-order chi connectivity index (χ0) is 26.1. The van der Waals surface area contributed by atoms with Gasteiger partial charge in [-0.2, -0.15) is 0 Å². The Kier molecular flexibility index (Phi) is 6.99. The van der Waals surface area contributed by atoms with Crippen molar-refractivity contribution in [3.05, 3.63) is 93.5 Å². The van der Waals surface area contributed by atoms with Gasteiger partial charge in [0.25, 0.3) is 11.7 Å². The number of carbonyl (C=O) groups excluding carboxylic acids is 2. The molecule has 9 heteroatoms. The van der Waals surface area contributed by atoms with Gasteiger partial charge in [-0.25, -0.2) is 8.78 Å². The molecule has 36 heavy (non-hydrogen) atoms. The van der Waals surface area contributed by atoms with Crippen LogP contribution in [-0.4, -0.2) is 28.5 Å². The largest absolute Gasteiger partial charge is 0.507 e. The Hall–Kier alpha value is -3.91. The number of phenolic OH excluding ortho intramolecular Hbond substituents is 1. The van der Waals surface area contributed by atoms with E-state index >= 15 is 0 Å². The molecular weight excluding hydrogens is 492 g/mol. The van der Waals surface area contributed by atoms with Crippen molar-refractivity contribution in [2.24, 2.45) is 0 Å². The van der Waals surface area contributed by atoms with Crippen LogP contribution in [0.5, 0.6) is 11.5 Å². The number of phenols is 1. The maximum absolute atomic E-state index is 14.1. The van der Waals surface area contributed by atoms with Gasteiger partial charge in [-0.1, -0.05) is 24.6 Å². The Balaban J connectivity index is 1.91. The average Bonchev–Trinajstić information content (AvgIpc) is 3.11. The van der Waals surface area contributed by atoms with E-state index in [0.29, 0.717) is 17.9 Å². The van der Waals surface area contributed by atoms with Crippen molar-refractivity contribution in [2.75, 3.05) is 11.5 Å². The van der Waals surface area contributed by atoms with Crippen molar-refractivity contribution < 1.29 is 33.3 Å². The second-order valence-electron chi connectivity index (χ2n) is 8.31. The molecule has 1 amide bonds. The molecule has 0 aliphatic carbocycles. The molecule has 1 unspecified atom stereocenters. The first-order valence-corrected chi connectivity index (χ1v) is 11.5. The van der Waals surface area contributed by atoms with Crippen LogP contribution in [0.3, 0.4) is 0 Å². The van der Waals surface area contributed by atoms with E-state index < -0.39 is 35.1 Å². The quantitative estimate of drug-likeness (QED) is 0.238. The SMILES string of the molecule is CCCOc1ccc(/C(O)=C2\C(=O)C(=O)N(c3ccc(F)c(F)c3)C2c2ccc(O)c(Cl)c2)cc1C. The molecule has 0 spiro atoms. The fourth-order valence-corrected chi connectivity index (χ4v) is 4.26. The summed E-state index contributed by atoms with van der Waals surface area (Å²) in [7, 11) is 0. The van der Waals surface area contributed by atoms with Gasteiger partial charge in [0.15, 0.2) is 11.6 Å². The van der Waals surface area contributed by atoms with Crippen molar-refractivity contribution in [1.82, 2.24) is 0 Å². The van der Waals surface area contributed by atoms with Crippen LogP contribution >= 0.6 is 11.6 Å². The molecule has 186 valence electrons. The first-order valence-electron chi connectivity index (χ1n) is 11.1. The van der Waals surface area contributed by atoms with Gasteiger partial charge in [0.1, 0.15) is 17.3 Å². The number of ether oxygens (including phenoxy) is 1. The molecule has 2 N–H and O–H groups in total. The molecule has 4 rings (SSSR count). The minimum Gasteiger partial charge on any atom is -0.507 e. The van der Waals surface area contributed by atoms with Crippen LogP contribution < -0.4 is 9.64 Å². The number of Topliss-reactive ketones (excluding diaryl/α,β-unsaturated/α-hetero) is 1. The molecule has 3 aromatic rings. The number of rotatable bonds is 6. The fourth-order valence-electron chi connectivity index (χ4n) is 4.07. The average molecular weight is 514 g/mol. The third-order valence-electron chi connectivity index (χ3n) is 5.82. The normalized spacial score (nSPS) is 17.0. The third kappa shape index (κ3) is 4.52. The molecule has 1 heterocycles. The molecule has 1 aliphatic heterocycles.